The Morgan fingerprint density at radius 3 is 2.32 bits per heavy atom. The van der Waals surface area contributed by atoms with Gasteiger partial charge in [-0.2, -0.15) is 0 Å². The summed E-state index contributed by atoms with van der Waals surface area (Å²) in [6.45, 7) is 2.93. The predicted molar refractivity (Wildman–Crippen MR) is 73.6 cm³/mol. The minimum atomic E-state index is -0.329. The molecule has 19 heavy (non-hydrogen) atoms. The molecular formula is C16H16FNO. The predicted octanol–water partition coefficient (Wildman–Crippen LogP) is 3.11. The summed E-state index contributed by atoms with van der Waals surface area (Å²) in [6, 6.07) is 13.8. The first-order valence-electron chi connectivity index (χ1n) is 6.20. The summed E-state index contributed by atoms with van der Waals surface area (Å²) < 4.78 is 12.7. The van der Waals surface area contributed by atoms with Crippen LogP contribution in [0.5, 0.6) is 0 Å². The summed E-state index contributed by atoms with van der Waals surface area (Å²) in [7, 11) is 0. The van der Waals surface area contributed by atoms with E-state index in [0.717, 1.165) is 5.56 Å². The fourth-order valence-corrected chi connectivity index (χ4v) is 1.76. The lowest BCUT2D eigenvalue weighted by molar-refractivity contribution is 0.0991. The molecule has 0 aliphatic heterocycles. The van der Waals surface area contributed by atoms with Crippen molar-refractivity contribution in [3.63, 3.8) is 0 Å². The summed E-state index contributed by atoms with van der Waals surface area (Å²) in [4.78, 5) is 11.8. The van der Waals surface area contributed by atoms with E-state index >= 15 is 0 Å². The van der Waals surface area contributed by atoms with Gasteiger partial charge < -0.3 is 5.32 Å². The molecule has 2 aromatic rings. The van der Waals surface area contributed by atoms with Crippen LogP contribution in [0.3, 0.4) is 0 Å². The van der Waals surface area contributed by atoms with E-state index in [0.29, 0.717) is 12.1 Å². The highest BCUT2D eigenvalue weighted by Gasteiger charge is 2.05. The molecule has 0 aliphatic rings. The second kappa shape index (κ2) is 6.25. The second-order valence-electron chi connectivity index (χ2n) is 4.52. The van der Waals surface area contributed by atoms with Crippen LogP contribution in [0.25, 0.3) is 0 Å². The highest BCUT2D eigenvalue weighted by Crippen LogP contribution is 2.04. The number of hydrogen-bond donors (Lipinski definition) is 1. The number of halogens is 1. The van der Waals surface area contributed by atoms with Crippen LogP contribution in [0.1, 0.15) is 21.5 Å². The Morgan fingerprint density at radius 2 is 1.68 bits per heavy atom. The van der Waals surface area contributed by atoms with E-state index in [-0.39, 0.29) is 18.1 Å². The number of hydrogen-bond acceptors (Lipinski definition) is 2. The number of Topliss-reactive ketones (excluding diaryl/α,β-unsaturated/α-hetero) is 1. The van der Waals surface area contributed by atoms with Gasteiger partial charge in [0.05, 0.1) is 6.54 Å². The van der Waals surface area contributed by atoms with Gasteiger partial charge in [0.25, 0.3) is 0 Å². The Hall–Kier alpha value is -2.00. The van der Waals surface area contributed by atoms with Crippen molar-refractivity contribution < 1.29 is 9.18 Å². The van der Waals surface area contributed by atoms with E-state index < -0.39 is 0 Å². The zero-order valence-corrected chi connectivity index (χ0v) is 10.8. The molecule has 0 saturated heterocycles. The third kappa shape index (κ3) is 4.00. The van der Waals surface area contributed by atoms with Crippen LogP contribution < -0.4 is 5.32 Å². The average molecular weight is 257 g/mol. The number of aryl methyl sites for hydroxylation is 1. The van der Waals surface area contributed by atoms with Crippen LogP contribution in [0.2, 0.25) is 0 Å². The van der Waals surface area contributed by atoms with Gasteiger partial charge in [0.2, 0.25) is 0 Å². The Labute approximate surface area is 112 Å². The van der Waals surface area contributed by atoms with Crippen LogP contribution >= 0.6 is 0 Å². The molecule has 0 unspecified atom stereocenters. The molecule has 2 rings (SSSR count). The average Bonchev–Trinajstić information content (AvgIpc) is 2.41. The van der Waals surface area contributed by atoms with Crippen LogP contribution in [0, 0.1) is 12.7 Å². The second-order valence-corrected chi connectivity index (χ2v) is 4.52. The molecular weight excluding hydrogens is 241 g/mol. The van der Waals surface area contributed by atoms with E-state index in [1.807, 2.05) is 31.2 Å². The minimum absolute atomic E-state index is 0.0351. The van der Waals surface area contributed by atoms with Crippen LogP contribution in [0.15, 0.2) is 48.5 Å². The first kappa shape index (κ1) is 13.4. The maximum absolute atomic E-state index is 12.7. The lowest BCUT2D eigenvalue weighted by atomic mass is 10.1. The molecule has 0 fully saturated rings. The fraction of sp³-hybridized carbons (Fsp3) is 0.188. The summed E-state index contributed by atoms with van der Waals surface area (Å²) in [5.41, 5.74) is 2.88. The van der Waals surface area contributed by atoms with Crippen molar-refractivity contribution in [3.05, 3.63) is 71.0 Å². The van der Waals surface area contributed by atoms with Crippen LogP contribution in [-0.2, 0) is 6.54 Å². The highest BCUT2D eigenvalue weighted by molar-refractivity contribution is 5.97. The summed E-state index contributed by atoms with van der Waals surface area (Å²) >= 11 is 0. The largest absolute Gasteiger partial charge is 0.306 e. The minimum Gasteiger partial charge on any atom is -0.306 e. The topological polar surface area (TPSA) is 29.1 Å². The van der Waals surface area contributed by atoms with Crippen molar-refractivity contribution >= 4 is 5.78 Å². The molecule has 0 aliphatic carbocycles. The molecule has 0 saturated carbocycles. The van der Waals surface area contributed by atoms with Gasteiger partial charge in [-0.1, -0.05) is 29.8 Å². The molecule has 0 heterocycles. The maximum Gasteiger partial charge on any atom is 0.176 e. The van der Waals surface area contributed by atoms with Gasteiger partial charge in [-0.05, 0) is 36.8 Å². The van der Waals surface area contributed by atoms with E-state index in [9.17, 15) is 9.18 Å². The van der Waals surface area contributed by atoms with Gasteiger partial charge in [-0.25, -0.2) is 4.39 Å². The number of ketones is 1. The lowest BCUT2D eigenvalue weighted by Gasteiger charge is -2.05. The molecule has 0 aromatic heterocycles. The van der Waals surface area contributed by atoms with Crippen molar-refractivity contribution in [2.45, 2.75) is 13.5 Å². The van der Waals surface area contributed by atoms with Gasteiger partial charge >= 0.3 is 0 Å². The fourth-order valence-electron chi connectivity index (χ4n) is 1.76. The monoisotopic (exact) mass is 257 g/mol. The zero-order valence-electron chi connectivity index (χ0n) is 10.8. The van der Waals surface area contributed by atoms with Gasteiger partial charge in [0.1, 0.15) is 5.82 Å². The molecule has 2 nitrogen and oxygen atoms in total. The van der Waals surface area contributed by atoms with Crippen molar-refractivity contribution in [1.29, 1.82) is 0 Å². The Kier molecular flexibility index (Phi) is 4.42. The SMILES string of the molecule is Cc1ccc(CNCC(=O)c2ccc(F)cc2)cc1. The third-order valence-corrected chi connectivity index (χ3v) is 2.90. The summed E-state index contributed by atoms with van der Waals surface area (Å²) in [5.74, 6) is -0.365. The number of rotatable bonds is 5. The summed E-state index contributed by atoms with van der Waals surface area (Å²) in [5, 5.41) is 3.09. The van der Waals surface area contributed by atoms with E-state index in [2.05, 4.69) is 5.32 Å². The van der Waals surface area contributed by atoms with Gasteiger partial charge in [-0.15, -0.1) is 0 Å². The standard InChI is InChI=1S/C16H16FNO/c1-12-2-4-13(5-3-12)10-18-11-16(19)14-6-8-15(17)9-7-14/h2-9,18H,10-11H2,1H3. The van der Waals surface area contributed by atoms with Crippen molar-refractivity contribution in [2.75, 3.05) is 6.54 Å². The number of benzene rings is 2. The number of carbonyl (C=O) groups is 1. The number of nitrogens with one attached hydrogen (secondary N) is 1. The molecule has 1 N–H and O–H groups in total. The molecule has 3 heteroatoms. The zero-order chi connectivity index (χ0) is 13.7. The van der Waals surface area contributed by atoms with Crippen LogP contribution in [0.4, 0.5) is 4.39 Å². The van der Waals surface area contributed by atoms with Gasteiger partial charge in [-0.3, -0.25) is 4.79 Å². The lowest BCUT2D eigenvalue weighted by Crippen LogP contribution is -2.22. The normalized spacial score (nSPS) is 10.4. The van der Waals surface area contributed by atoms with Crippen molar-refractivity contribution in [1.82, 2.24) is 5.32 Å². The Bertz CT molecular complexity index is 546. The van der Waals surface area contributed by atoms with Crippen molar-refractivity contribution in [3.8, 4) is 0 Å². The Morgan fingerprint density at radius 1 is 1.05 bits per heavy atom. The third-order valence-electron chi connectivity index (χ3n) is 2.90. The molecule has 0 amide bonds. The molecule has 0 atom stereocenters. The van der Waals surface area contributed by atoms with E-state index in [1.165, 1.54) is 29.8 Å². The molecule has 98 valence electrons. The first-order valence-corrected chi connectivity index (χ1v) is 6.20. The number of carbonyl (C=O) groups excluding carboxylic acids is 1. The first-order chi connectivity index (χ1) is 9.15. The highest BCUT2D eigenvalue weighted by atomic mass is 19.1. The van der Waals surface area contributed by atoms with E-state index in [4.69, 9.17) is 0 Å². The van der Waals surface area contributed by atoms with Gasteiger partial charge in [0, 0.05) is 12.1 Å². The quantitative estimate of drug-likeness (QED) is 0.834. The molecule has 2 aromatic carbocycles. The smallest absolute Gasteiger partial charge is 0.176 e. The van der Waals surface area contributed by atoms with Gasteiger partial charge in [0.15, 0.2) is 5.78 Å². The van der Waals surface area contributed by atoms with Crippen LogP contribution in [-0.4, -0.2) is 12.3 Å². The molecule has 0 bridgehead atoms. The summed E-state index contributed by atoms with van der Waals surface area (Å²) in [6.07, 6.45) is 0. The molecule has 0 radical (unpaired) electrons. The maximum atomic E-state index is 12.7. The Balaban J connectivity index is 1.84. The van der Waals surface area contributed by atoms with Crippen molar-refractivity contribution in [2.24, 2.45) is 0 Å². The molecule has 0 spiro atoms. The van der Waals surface area contributed by atoms with E-state index in [1.54, 1.807) is 0 Å².